The van der Waals surface area contributed by atoms with Gasteiger partial charge in [0.15, 0.2) is 5.75 Å². The van der Waals surface area contributed by atoms with Crippen molar-refractivity contribution in [1.29, 1.82) is 0 Å². The van der Waals surface area contributed by atoms with Crippen LogP contribution in [0.3, 0.4) is 0 Å². The van der Waals surface area contributed by atoms with Gasteiger partial charge < -0.3 is 9.47 Å². The zero-order chi connectivity index (χ0) is 14.7. The van der Waals surface area contributed by atoms with Gasteiger partial charge in [0, 0.05) is 0 Å². The monoisotopic (exact) mass is 300 g/mol. The summed E-state index contributed by atoms with van der Waals surface area (Å²) < 4.78 is 12.5. The van der Waals surface area contributed by atoms with E-state index < -0.39 is 0 Å². The molecule has 1 heterocycles. The largest absolute Gasteiger partial charge is 0.497 e. The van der Waals surface area contributed by atoms with Crippen LogP contribution in [0.15, 0.2) is 60.9 Å². The summed E-state index contributed by atoms with van der Waals surface area (Å²) in [5.74, 6) is 2.14. The second-order valence-corrected chi connectivity index (χ2v) is 4.76. The molecule has 1 aromatic heterocycles. The van der Waals surface area contributed by atoms with Crippen LogP contribution in [-0.2, 0) is 0 Å². The minimum Gasteiger partial charge on any atom is -0.497 e. The predicted molar refractivity (Wildman–Crippen MR) is 81.6 cm³/mol. The number of rotatable bonds is 4. The third-order valence-electron chi connectivity index (χ3n) is 2.95. The van der Waals surface area contributed by atoms with Crippen LogP contribution in [0.4, 0.5) is 0 Å². The molecule has 0 N–H and O–H groups in total. The topological polar surface area (TPSA) is 36.3 Å². The fourth-order valence-corrected chi connectivity index (χ4v) is 2.13. The molecule has 0 aliphatic carbocycles. The molecule has 2 aromatic carbocycles. The molecule has 3 rings (SSSR count). The molecule has 0 saturated heterocycles. The molecule has 0 fully saturated rings. The average Bonchev–Trinajstić information content (AvgIpc) is 2.97. The lowest BCUT2D eigenvalue weighted by molar-refractivity contribution is 0.413. The standard InChI is InChI=1S/C16H13ClN2O2/c1-20-12-6-8-13(9-7-12)21-14-10-18-19(11-14)16-5-3-2-4-15(16)17/h2-11H,1H3. The maximum atomic E-state index is 6.15. The molecule has 0 spiro atoms. The zero-order valence-electron chi connectivity index (χ0n) is 11.4. The van der Waals surface area contributed by atoms with Crippen LogP contribution < -0.4 is 9.47 Å². The van der Waals surface area contributed by atoms with Gasteiger partial charge in [-0.25, -0.2) is 4.68 Å². The van der Waals surface area contributed by atoms with Gasteiger partial charge in [-0.05, 0) is 36.4 Å². The lowest BCUT2D eigenvalue weighted by Gasteiger charge is -2.04. The Bertz CT molecular complexity index is 738. The summed E-state index contributed by atoms with van der Waals surface area (Å²) in [6, 6.07) is 14.9. The number of halogens is 1. The first-order valence-corrected chi connectivity index (χ1v) is 6.75. The Morgan fingerprint density at radius 3 is 2.38 bits per heavy atom. The van der Waals surface area contributed by atoms with Crippen LogP contribution in [0.25, 0.3) is 5.69 Å². The summed E-state index contributed by atoms with van der Waals surface area (Å²) in [6.07, 6.45) is 3.43. The number of methoxy groups -OCH3 is 1. The predicted octanol–water partition coefficient (Wildman–Crippen LogP) is 4.33. The van der Waals surface area contributed by atoms with Gasteiger partial charge in [-0.15, -0.1) is 0 Å². The van der Waals surface area contributed by atoms with Gasteiger partial charge in [0.05, 0.1) is 30.2 Å². The number of hydrogen-bond donors (Lipinski definition) is 0. The molecular formula is C16H13ClN2O2. The highest BCUT2D eigenvalue weighted by molar-refractivity contribution is 6.32. The first-order valence-electron chi connectivity index (χ1n) is 6.38. The zero-order valence-corrected chi connectivity index (χ0v) is 12.1. The number of hydrogen-bond acceptors (Lipinski definition) is 3. The highest BCUT2D eigenvalue weighted by atomic mass is 35.5. The molecule has 0 amide bonds. The van der Waals surface area contributed by atoms with E-state index in [1.165, 1.54) is 0 Å². The minimum absolute atomic E-state index is 0.636. The van der Waals surface area contributed by atoms with E-state index in [9.17, 15) is 0 Å². The summed E-state index contributed by atoms with van der Waals surface area (Å²) in [4.78, 5) is 0. The van der Waals surface area contributed by atoms with Gasteiger partial charge in [0.1, 0.15) is 11.5 Å². The molecule has 0 bridgehead atoms. The van der Waals surface area contributed by atoms with Crippen molar-refractivity contribution in [2.75, 3.05) is 7.11 Å². The Labute approximate surface area is 127 Å². The molecule has 4 nitrogen and oxygen atoms in total. The van der Waals surface area contributed by atoms with Crippen LogP contribution >= 0.6 is 11.6 Å². The van der Waals surface area contributed by atoms with E-state index >= 15 is 0 Å². The van der Waals surface area contributed by atoms with E-state index in [4.69, 9.17) is 21.1 Å². The van der Waals surface area contributed by atoms with Gasteiger partial charge in [0.25, 0.3) is 0 Å². The highest BCUT2D eigenvalue weighted by Gasteiger charge is 2.06. The van der Waals surface area contributed by atoms with Gasteiger partial charge in [-0.1, -0.05) is 23.7 Å². The number of nitrogens with zero attached hydrogens (tertiary/aromatic N) is 2. The number of ether oxygens (including phenoxy) is 2. The quantitative estimate of drug-likeness (QED) is 0.719. The van der Waals surface area contributed by atoms with E-state index in [0.717, 1.165) is 17.2 Å². The van der Waals surface area contributed by atoms with E-state index in [1.54, 1.807) is 24.2 Å². The van der Waals surface area contributed by atoms with E-state index in [0.29, 0.717) is 10.8 Å². The summed E-state index contributed by atoms with van der Waals surface area (Å²) in [5.41, 5.74) is 0.809. The number of aromatic nitrogens is 2. The van der Waals surface area contributed by atoms with Crippen molar-refractivity contribution in [3.05, 3.63) is 65.9 Å². The second kappa shape index (κ2) is 5.89. The van der Waals surface area contributed by atoms with Crippen LogP contribution in [0.5, 0.6) is 17.2 Å². The Balaban J connectivity index is 1.80. The molecule has 0 saturated carbocycles. The number of benzene rings is 2. The first kappa shape index (κ1) is 13.5. The van der Waals surface area contributed by atoms with Crippen molar-refractivity contribution in [2.45, 2.75) is 0 Å². The molecule has 0 radical (unpaired) electrons. The Hall–Kier alpha value is -2.46. The Kier molecular flexibility index (Phi) is 3.79. The smallest absolute Gasteiger partial charge is 0.165 e. The summed E-state index contributed by atoms with van der Waals surface area (Å²) in [7, 11) is 1.63. The van der Waals surface area contributed by atoms with Crippen LogP contribution in [0, 0.1) is 0 Å². The van der Waals surface area contributed by atoms with Crippen molar-refractivity contribution in [2.24, 2.45) is 0 Å². The molecule has 0 aliphatic rings. The third kappa shape index (κ3) is 3.01. The molecule has 0 aliphatic heterocycles. The van der Waals surface area contributed by atoms with E-state index in [2.05, 4.69) is 5.10 Å². The van der Waals surface area contributed by atoms with E-state index in [1.807, 2.05) is 48.5 Å². The van der Waals surface area contributed by atoms with E-state index in [-0.39, 0.29) is 0 Å². The van der Waals surface area contributed by atoms with Crippen LogP contribution in [0.2, 0.25) is 5.02 Å². The van der Waals surface area contributed by atoms with Crippen molar-refractivity contribution >= 4 is 11.6 Å². The molecule has 3 aromatic rings. The first-order chi connectivity index (χ1) is 10.3. The molecule has 0 atom stereocenters. The average molecular weight is 301 g/mol. The minimum atomic E-state index is 0.636. The number of para-hydroxylation sites is 1. The maximum absolute atomic E-state index is 6.15. The molecular weight excluding hydrogens is 288 g/mol. The maximum Gasteiger partial charge on any atom is 0.165 e. The Morgan fingerprint density at radius 2 is 1.67 bits per heavy atom. The SMILES string of the molecule is COc1ccc(Oc2cnn(-c3ccccc3Cl)c2)cc1. The summed E-state index contributed by atoms with van der Waals surface area (Å²) >= 11 is 6.15. The van der Waals surface area contributed by atoms with Gasteiger partial charge >= 0.3 is 0 Å². The molecule has 5 heteroatoms. The van der Waals surface area contributed by atoms with Crippen molar-refractivity contribution in [1.82, 2.24) is 9.78 Å². The van der Waals surface area contributed by atoms with Gasteiger partial charge in [-0.3, -0.25) is 0 Å². The molecule has 0 unspecified atom stereocenters. The normalized spacial score (nSPS) is 10.4. The van der Waals surface area contributed by atoms with Gasteiger partial charge in [-0.2, -0.15) is 5.10 Å². The van der Waals surface area contributed by atoms with Crippen molar-refractivity contribution in [3.63, 3.8) is 0 Å². The fraction of sp³-hybridized carbons (Fsp3) is 0.0625. The van der Waals surface area contributed by atoms with Crippen molar-refractivity contribution < 1.29 is 9.47 Å². The summed E-state index contributed by atoms with van der Waals surface area (Å²) in [5, 5.41) is 4.90. The molecule has 21 heavy (non-hydrogen) atoms. The Morgan fingerprint density at radius 1 is 0.952 bits per heavy atom. The lowest BCUT2D eigenvalue weighted by atomic mass is 10.3. The highest BCUT2D eigenvalue weighted by Crippen LogP contribution is 2.25. The third-order valence-corrected chi connectivity index (χ3v) is 3.27. The van der Waals surface area contributed by atoms with Crippen molar-refractivity contribution in [3.8, 4) is 22.9 Å². The van der Waals surface area contributed by atoms with Crippen LogP contribution in [0.1, 0.15) is 0 Å². The summed E-state index contributed by atoms with van der Waals surface area (Å²) in [6.45, 7) is 0. The molecule has 106 valence electrons. The fourth-order valence-electron chi connectivity index (χ4n) is 1.91. The lowest BCUT2D eigenvalue weighted by Crippen LogP contribution is -1.94. The second-order valence-electron chi connectivity index (χ2n) is 4.35. The van der Waals surface area contributed by atoms with Gasteiger partial charge in [0.2, 0.25) is 0 Å². The van der Waals surface area contributed by atoms with Crippen LogP contribution in [-0.4, -0.2) is 16.9 Å².